The maximum absolute atomic E-state index is 6.64. The van der Waals surface area contributed by atoms with Gasteiger partial charge in [-0.3, -0.25) is 0 Å². The summed E-state index contributed by atoms with van der Waals surface area (Å²) in [4.78, 5) is 6.88. The van der Waals surface area contributed by atoms with Gasteiger partial charge < -0.3 is 23.5 Å². The normalized spacial score (nSPS) is 11.8. The molecule has 0 fully saturated rings. The first-order valence-electron chi connectivity index (χ1n) is 12.5. The van der Waals surface area contributed by atoms with Crippen molar-refractivity contribution in [2.24, 2.45) is 0 Å². The van der Waals surface area contributed by atoms with Crippen LogP contribution in [0.2, 0.25) is 23.2 Å². The zero-order valence-electron chi connectivity index (χ0n) is 23.0. The summed E-state index contributed by atoms with van der Waals surface area (Å²) >= 11 is 6.64. The Hall–Kier alpha value is -2.74. The van der Waals surface area contributed by atoms with Crippen molar-refractivity contribution in [3.05, 3.63) is 76.9 Å². The Balaban J connectivity index is 1.73. The molecule has 0 aliphatic rings. The van der Waals surface area contributed by atoms with Crippen LogP contribution in [0.5, 0.6) is 17.2 Å². The van der Waals surface area contributed by atoms with E-state index in [9.17, 15) is 0 Å². The molecule has 0 atom stereocenters. The maximum atomic E-state index is 6.64. The number of hydrogen-bond acceptors (Lipinski definition) is 6. The minimum absolute atomic E-state index is 0.158. The van der Waals surface area contributed by atoms with Crippen molar-refractivity contribution in [1.82, 2.24) is 4.98 Å². The molecule has 0 bridgehead atoms. The summed E-state index contributed by atoms with van der Waals surface area (Å²) in [5.41, 5.74) is 2.27. The zero-order chi connectivity index (χ0) is 27.1. The van der Waals surface area contributed by atoms with Crippen LogP contribution in [0.3, 0.4) is 0 Å². The first kappa shape index (κ1) is 28.8. The highest BCUT2D eigenvalue weighted by Gasteiger charge is 2.36. The molecule has 1 aromatic heterocycles. The van der Waals surface area contributed by atoms with E-state index < -0.39 is 8.32 Å². The van der Waals surface area contributed by atoms with Crippen molar-refractivity contribution in [3.8, 4) is 17.2 Å². The summed E-state index contributed by atoms with van der Waals surface area (Å²) in [6.45, 7) is 13.4. The molecule has 6 nitrogen and oxygen atoms in total. The largest absolute Gasteiger partial charge is 0.497 e. The zero-order valence-corrected chi connectivity index (χ0v) is 24.8. The number of hydrogen-bond donors (Lipinski definition) is 0. The Labute approximate surface area is 227 Å². The lowest BCUT2D eigenvalue weighted by Gasteiger charge is -2.36. The second-order valence-electron chi connectivity index (χ2n) is 10.5. The molecule has 0 saturated heterocycles. The fourth-order valence-electron chi connectivity index (χ4n) is 3.47. The third-order valence-electron chi connectivity index (χ3n) is 6.80. The highest BCUT2D eigenvalue weighted by Crippen LogP contribution is 2.36. The number of halogens is 1. The van der Waals surface area contributed by atoms with Crippen LogP contribution in [-0.4, -0.2) is 40.7 Å². The van der Waals surface area contributed by atoms with Gasteiger partial charge in [0.2, 0.25) is 0 Å². The van der Waals surface area contributed by atoms with Crippen LogP contribution in [0.25, 0.3) is 0 Å². The molecular formula is C29H39ClN2O4Si. The predicted octanol–water partition coefficient (Wildman–Crippen LogP) is 7.36. The van der Waals surface area contributed by atoms with Crippen LogP contribution >= 0.6 is 11.6 Å². The molecule has 0 aliphatic carbocycles. The lowest BCUT2D eigenvalue weighted by molar-refractivity contribution is 0.203. The number of nitrogens with zero attached hydrogens (tertiary/aromatic N) is 2. The van der Waals surface area contributed by atoms with Gasteiger partial charge in [-0.15, -0.1) is 0 Å². The number of methoxy groups -OCH3 is 2. The maximum Gasteiger partial charge on any atom is 0.192 e. The van der Waals surface area contributed by atoms with E-state index >= 15 is 0 Å². The lowest BCUT2D eigenvalue weighted by atomic mass is 10.1. The van der Waals surface area contributed by atoms with Crippen LogP contribution in [0, 0.1) is 0 Å². The average Bonchev–Trinajstić information content (AvgIpc) is 2.87. The van der Waals surface area contributed by atoms with Gasteiger partial charge in [0.15, 0.2) is 14.1 Å². The van der Waals surface area contributed by atoms with Crippen molar-refractivity contribution in [3.63, 3.8) is 0 Å². The summed E-state index contributed by atoms with van der Waals surface area (Å²) in [7, 11) is 1.52. The first-order chi connectivity index (χ1) is 17.5. The van der Waals surface area contributed by atoms with E-state index in [1.54, 1.807) is 20.4 Å². The molecule has 3 rings (SSSR count). The summed E-state index contributed by atoms with van der Waals surface area (Å²) in [5.74, 6) is 2.97. The van der Waals surface area contributed by atoms with E-state index in [0.717, 1.165) is 28.4 Å². The number of benzene rings is 2. The first-order valence-corrected chi connectivity index (χ1v) is 15.7. The minimum atomic E-state index is -1.82. The van der Waals surface area contributed by atoms with E-state index in [-0.39, 0.29) is 5.04 Å². The van der Waals surface area contributed by atoms with Gasteiger partial charge in [0.05, 0.1) is 32.0 Å². The standard InChI is InChI=1S/C29H39ClN2O4Si/c1-29(2,3)37(6,7)36-17-16-35-27-19-31-28(18-26(27)30)32(20-22-8-12-24(33-4)13-9-22)21-23-10-14-25(34-5)15-11-23/h8-15,18-19H,16-17,20-21H2,1-7H3. The molecule has 37 heavy (non-hydrogen) atoms. The number of rotatable bonds is 12. The fraction of sp³-hybridized carbons (Fsp3) is 0.414. The Morgan fingerprint density at radius 3 is 1.78 bits per heavy atom. The van der Waals surface area contributed by atoms with Crippen molar-refractivity contribution < 1.29 is 18.6 Å². The number of anilines is 1. The van der Waals surface area contributed by atoms with E-state index in [1.807, 2.05) is 30.3 Å². The Bertz CT molecular complexity index is 1080. The van der Waals surface area contributed by atoms with Crippen molar-refractivity contribution in [2.75, 3.05) is 32.3 Å². The second-order valence-corrected chi connectivity index (χ2v) is 15.7. The van der Waals surface area contributed by atoms with Crippen molar-refractivity contribution in [2.45, 2.75) is 52.0 Å². The molecule has 0 saturated carbocycles. The number of pyridine rings is 1. The number of aromatic nitrogens is 1. The molecule has 0 aliphatic heterocycles. The highest BCUT2D eigenvalue weighted by molar-refractivity contribution is 6.74. The second kappa shape index (κ2) is 12.7. The van der Waals surface area contributed by atoms with E-state index in [2.05, 4.69) is 63.0 Å². The van der Waals surface area contributed by atoms with Crippen LogP contribution in [0.1, 0.15) is 31.9 Å². The molecule has 0 amide bonds. The van der Waals surface area contributed by atoms with E-state index in [0.29, 0.717) is 37.1 Å². The smallest absolute Gasteiger partial charge is 0.192 e. The van der Waals surface area contributed by atoms with Crippen LogP contribution in [0.15, 0.2) is 60.8 Å². The SMILES string of the molecule is COc1ccc(CN(Cc2ccc(OC)cc2)c2cc(Cl)c(OCCO[Si](C)(C)C(C)(C)C)cn2)cc1. The number of ether oxygens (including phenoxy) is 3. The van der Waals surface area contributed by atoms with Gasteiger partial charge in [0, 0.05) is 19.2 Å². The van der Waals surface area contributed by atoms with Crippen LogP contribution in [0.4, 0.5) is 5.82 Å². The predicted molar refractivity (Wildman–Crippen MR) is 154 cm³/mol. The van der Waals surface area contributed by atoms with Gasteiger partial charge in [0.25, 0.3) is 0 Å². The Morgan fingerprint density at radius 1 is 0.838 bits per heavy atom. The fourth-order valence-corrected chi connectivity index (χ4v) is 4.70. The molecule has 1 heterocycles. The van der Waals surface area contributed by atoms with Crippen LogP contribution < -0.4 is 19.1 Å². The molecule has 8 heteroatoms. The summed E-state index contributed by atoms with van der Waals surface area (Å²) < 4.78 is 22.7. The summed E-state index contributed by atoms with van der Waals surface area (Å²) in [6.07, 6.45) is 1.69. The van der Waals surface area contributed by atoms with Crippen molar-refractivity contribution in [1.29, 1.82) is 0 Å². The molecule has 0 unspecified atom stereocenters. The molecular weight excluding hydrogens is 504 g/mol. The third kappa shape index (κ3) is 8.12. The van der Waals surface area contributed by atoms with Gasteiger partial charge in [0.1, 0.15) is 23.9 Å². The highest BCUT2D eigenvalue weighted by atomic mass is 35.5. The van der Waals surface area contributed by atoms with Crippen LogP contribution in [-0.2, 0) is 17.5 Å². The third-order valence-corrected chi connectivity index (χ3v) is 11.6. The molecule has 0 spiro atoms. The molecule has 2 aromatic carbocycles. The Kier molecular flexibility index (Phi) is 9.87. The monoisotopic (exact) mass is 542 g/mol. The van der Waals surface area contributed by atoms with Gasteiger partial charge in [-0.25, -0.2) is 4.98 Å². The quantitative estimate of drug-likeness (QED) is 0.176. The minimum Gasteiger partial charge on any atom is -0.497 e. The lowest BCUT2D eigenvalue weighted by Crippen LogP contribution is -2.41. The van der Waals surface area contributed by atoms with E-state index in [4.69, 9.17) is 35.2 Å². The average molecular weight is 543 g/mol. The molecule has 0 N–H and O–H groups in total. The topological polar surface area (TPSA) is 53.1 Å². The van der Waals surface area contributed by atoms with Gasteiger partial charge in [-0.1, -0.05) is 56.6 Å². The van der Waals surface area contributed by atoms with E-state index in [1.165, 1.54) is 0 Å². The molecule has 0 radical (unpaired) electrons. The van der Waals surface area contributed by atoms with Crippen molar-refractivity contribution >= 4 is 25.7 Å². The molecule has 200 valence electrons. The summed E-state index contributed by atoms with van der Waals surface area (Å²) in [6, 6.07) is 17.9. The summed E-state index contributed by atoms with van der Waals surface area (Å²) in [5, 5.41) is 0.678. The van der Waals surface area contributed by atoms with Gasteiger partial charge in [-0.2, -0.15) is 0 Å². The van der Waals surface area contributed by atoms with Gasteiger partial charge in [-0.05, 0) is 53.5 Å². The van der Waals surface area contributed by atoms with Gasteiger partial charge >= 0.3 is 0 Å². The molecule has 3 aromatic rings. The Morgan fingerprint density at radius 2 is 1.35 bits per heavy atom.